The van der Waals surface area contributed by atoms with Crippen LogP contribution in [-0.2, 0) is 21.2 Å². The fourth-order valence-electron chi connectivity index (χ4n) is 3.25. The first-order chi connectivity index (χ1) is 12.7. The monoisotopic (exact) mass is 388 g/mol. The lowest BCUT2D eigenvalue weighted by Gasteiger charge is -2.20. The Morgan fingerprint density at radius 3 is 2.19 bits per heavy atom. The summed E-state index contributed by atoms with van der Waals surface area (Å²) < 4.78 is 28.8. The van der Waals surface area contributed by atoms with Gasteiger partial charge in [0.05, 0.1) is 4.90 Å². The van der Waals surface area contributed by atoms with E-state index < -0.39 is 16.1 Å². The number of aryl methyl sites for hydroxylation is 3. The first-order valence-corrected chi connectivity index (χ1v) is 10.6. The van der Waals surface area contributed by atoms with Crippen molar-refractivity contribution in [2.45, 2.75) is 51.5 Å². The van der Waals surface area contributed by atoms with Gasteiger partial charge in [-0.3, -0.25) is 4.79 Å². The van der Waals surface area contributed by atoms with Crippen LogP contribution in [0.15, 0.2) is 47.4 Å². The molecule has 146 valence electrons. The number of carbonyl (C=O) groups is 1. The molecule has 0 aliphatic heterocycles. The van der Waals surface area contributed by atoms with Crippen LogP contribution in [-0.4, -0.2) is 26.9 Å². The molecule has 0 radical (unpaired) electrons. The highest BCUT2D eigenvalue weighted by molar-refractivity contribution is 7.89. The molecular weight excluding hydrogens is 360 g/mol. The molecule has 0 bridgehead atoms. The molecule has 2 aromatic rings. The van der Waals surface area contributed by atoms with Gasteiger partial charge >= 0.3 is 0 Å². The summed E-state index contributed by atoms with van der Waals surface area (Å²) in [5.74, 6) is -0.313. The third-order valence-electron chi connectivity index (χ3n) is 4.32. The quantitative estimate of drug-likeness (QED) is 0.730. The third-order valence-corrected chi connectivity index (χ3v) is 6.10. The summed E-state index contributed by atoms with van der Waals surface area (Å²) in [5.41, 5.74) is 3.25. The van der Waals surface area contributed by atoms with Gasteiger partial charge in [-0.1, -0.05) is 55.0 Å². The molecule has 0 aromatic heterocycles. The summed E-state index contributed by atoms with van der Waals surface area (Å²) in [6.07, 6.45) is 1.08. The average Bonchev–Trinajstić information content (AvgIpc) is 2.58. The minimum Gasteiger partial charge on any atom is -0.355 e. The topological polar surface area (TPSA) is 75.3 Å². The van der Waals surface area contributed by atoms with Crippen molar-refractivity contribution in [1.29, 1.82) is 0 Å². The summed E-state index contributed by atoms with van der Waals surface area (Å²) in [6.45, 7) is 7.94. The Morgan fingerprint density at radius 2 is 1.63 bits per heavy atom. The number of amides is 1. The van der Waals surface area contributed by atoms with Gasteiger partial charge in [0.2, 0.25) is 15.9 Å². The van der Waals surface area contributed by atoms with E-state index in [1.165, 1.54) is 0 Å². The second kappa shape index (κ2) is 9.15. The first-order valence-electron chi connectivity index (χ1n) is 9.16. The van der Waals surface area contributed by atoms with Crippen molar-refractivity contribution in [3.63, 3.8) is 0 Å². The van der Waals surface area contributed by atoms with Gasteiger partial charge in [-0.2, -0.15) is 4.72 Å². The number of benzene rings is 2. The number of hydrogen-bond acceptors (Lipinski definition) is 3. The zero-order chi connectivity index (χ0) is 20.0. The van der Waals surface area contributed by atoms with E-state index in [1.807, 2.05) is 56.3 Å². The average molecular weight is 389 g/mol. The Labute approximate surface area is 162 Å². The van der Waals surface area contributed by atoms with Crippen LogP contribution in [0.3, 0.4) is 0 Å². The molecule has 0 heterocycles. The van der Waals surface area contributed by atoms with E-state index in [-0.39, 0.29) is 10.8 Å². The van der Waals surface area contributed by atoms with Crippen LogP contribution in [0.2, 0.25) is 0 Å². The largest absolute Gasteiger partial charge is 0.355 e. The predicted octanol–water partition coefficient (Wildman–Crippen LogP) is 3.03. The molecule has 0 spiro atoms. The molecule has 2 aromatic carbocycles. The number of carbonyl (C=O) groups excluding carboxylic acids is 1. The van der Waals surface area contributed by atoms with E-state index in [9.17, 15) is 13.2 Å². The van der Waals surface area contributed by atoms with Gasteiger partial charge in [-0.15, -0.1) is 0 Å². The van der Waals surface area contributed by atoms with Gasteiger partial charge in [0.25, 0.3) is 0 Å². The maximum absolute atomic E-state index is 13.1. The molecule has 0 saturated heterocycles. The zero-order valence-electron chi connectivity index (χ0n) is 16.4. The Balaban J connectivity index is 2.34. The lowest BCUT2D eigenvalue weighted by atomic mass is 10.1. The second-order valence-corrected chi connectivity index (χ2v) is 8.53. The van der Waals surface area contributed by atoms with Crippen LogP contribution >= 0.6 is 0 Å². The number of sulfonamides is 1. The van der Waals surface area contributed by atoms with Gasteiger partial charge in [-0.25, -0.2) is 8.42 Å². The number of hydrogen-bond donors (Lipinski definition) is 2. The fourth-order valence-corrected chi connectivity index (χ4v) is 4.89. The van der Waals surface area contributed by atoms with Gasteiger partial charge < -0.3 is 5.32 Å². The summed E-state index contributed by atoms with van der Waals surface area (Å²) >= 11 is 0. The van der Waals surface area contributed by atoms with E-state index in [2.05, 4.69) is 10.0 Å². The normalized spacial score (nSPS) is 12.6. The molecule has 5 nitrogen and oxygen atoms in total. The van der Waals surface area contributed by atoms with Crippen molar-refractivity contribution in [2.24, 2.45) is 0 Å². The standard InChI is InChI=1S/C21H28N2O3S/c1-5-11-22-21(24)19(14-18-9-7-6-8-10-18)23-27(25,26)20-16(3)12-15(2)13-17(20)4/h6-10,12-13,19,23H,5,11,14H2,1-4H3,(H,22,24)/t19-/m1/s1. The highest BCUT2D eigenvalue weighted by atomic mass is 32.2. The minimum atomic E-state index is -3.84. The van der Waals surface area contributed by atoms with Crippen LogP contribution in [0.25, 0.3) is 0 Å². The van der Waals surface area contributed by atoms with Crippen molar-refractivity contribution in [3.05, 3.63) is 64.7 Å². The Bertz CT molecular complexity index is 870. The maximum Gasteiger partial charge on any atom is 0.241 e. The Hall–Kier alpha value is -2.18. The van der Waals surface area contributed by atoms with E-state index in [0.717, 1.165) is 17.5 Å². The van der Waals surface area contributed by atoms with E-state index >= 15 is 0 Å². The lowest BCUT2D eigenvalue weighted by molar-refractivity contribution is -0.122. The molecule has 2 N–H and O–H groups in total. The van der Waals surface area contributed by atoms with Crippen LogP contribution in [0.4, 0.5) is 0 Å². The minimum absolute atomic E-state index is 0.245. The van der Waals surface area contributed by atoms with Crippen molar-refractivity contribution in [1.82, 2.24) is 10.0 Å². The third kappa shape index (κ3) is 5.65. The molecular formula is C21H28N2O3S. The first kappa shape index (κ1) is 21.1. The second-order valence-electron chi connectivity index (χ2n) is 6.88. The van der Waals surface area contributed by atoms with Crippen LogP contribution < -0.4 is 10.0 Å². The van der Waals surface area contributed by atoms with Crippen LogP contribution in [0, 0.1) is 20.8 Å². The summed E-state index contributed by atoms with van der Waals surface area (Å²) in [5, 5.41) is 2.80. The lowest BCUT2D eigenvalue weighted by Crippen LogP contribution is -2.48. The van der Waals surface area contributed by atoms with Crippen molar-refractivity contribution < 1.29 is 13.2 Å². The summed E-state index contributed by atoms with van der Waals surface area (Å²) in [7, 11) is -3.84. The van der Waals surface area contributed by atoms with Crippen LogP contribution in [0.1, 0.15) is 35.6 Å². The van der Waals surface area contributed by atoms with Crippen molar-refractivity contribution >= 4 is 15.9 Å². The summed E-state index contributed by atoms with van der Waals surface area (Å²) in [4.78, 5) is 12.8. The SMILES string of the molecule is CCCNC(=O)[C@@H](Cc1ccccc1)NS(=O)(=O)c1c(C)cc(C)cc1C. The van der Waals surface area contributed by atoms with Gasteiger partial charge in [0, 0.05) is 6.54 Å². The zero-order valence-corrected chi connectivity index (χ0v) is 17.2. The fraction of sp³-hybridized carbons (Fsp3) is 0.381. The maximum atomic E-state index is 13.1. The van der Waals surface area contributed by atoms with Crippen molar-refractivity contribution in [2.75, 3.05) is 6.54 Å². The molecule has 1 atom stereocenters. The highest BCUT2D eigenvalue weighted by Gasteiger charge is 2.28. The molecule has 27 heavy (non-hydrogen) atoms. The molecule has 0 fully saturated rings. The van der Waals surface area contributed by atoms with Crippen molar-refractivity contribution in [3.8, 4) is 0 Å². The van der Waals surface area contributed by atoms with Gasteiger partial charge in [0.1, 0.15) is 6.04 Å². The molecule has 0 aliphatic carbocycles. The number of rotatable bonds is 8. The Morgan fingerprint density at radius 1 is 1.04 bits per heavy atom. The molecule has 2 rings (SSSR count). The number of nitrogens with one attached hydrogen (secondary N) is 2. The molecule has 1 amide bonds. The highest BCUT2D eigenvalue weighted by Crippen LogP contribution is 2.22. The van der Waals surface area contributed by atoms with E-state index in [1.54, 1.807) is 13.8 Å². The molecule has 0 aliphatic rings. The van der Waals surface area contributed by atoms with E-state index in [0.29, 0.717) is 24.1 Å². The molecule has 0 saturated carbocycles. The smallest absolute Gasteiger partial charge is 0.241 e. The van der Waals surface area contributed by atoms with Gasteiger partial charge in [-0.05, 0) is 50.3 Å². The van der Waals surface area contributed by atoms with Crippen LogP contribution in [0.5, 0.6) is 0 Å². The van der Waals surface area contributed by atoms with Gasteiger partial charge in [0.15, 0.2) is 0 Å². The predicted molar refractivity (Wildman–Crippen MR) is 108 cm³/mol. The molecule has 6 heteroatoms. The van der Waals surface area contributed by atoms with E-state index in [4.69, 9.17) is 0 Å². The Kier molecular flexibility index (Phi) is 7.16. The summed E-state index contributed by atoms with van der Waals surface area (Å²) in [6, 6.07) is 12.2. The molecule has 0 unspecified atom stereocenters.